The van der Waals surface area contributed by atoms with Crippen molar-refractivity contribution in [2.45, 2.75) is 89.5 Å². The fourth-order valence-electron chi connectivity index (χ4n) is 4.48. The molecular formula is C18H32O4. The van der Waals surface area contributed by atoms with Crippen LogP contribution >= 0.6 is 0 Å². The third kappa shape index (κ3) is 2.83. The summed E-state index contributed by atoms with van der Waals surface area (Å²) < 4.78 is 24.1. The van der Waals surface area contributed by atoms with Gasteiger partial charge in [0.15, 0.2) is 0 Å². The molecule has 4 nitrogen and oxygen atoms in total. The lowest BCUT2D eigenvalue weighted by atomic mass is 9.80. The molecule has 1 spiro atoms. The van der Waals surface area contributed by atoms with Crippen LogP contribution in [-0.4, -0.2) is 49.3 Å². The molecule has 0 aromatic rings. The molecule has 1 saturated carbocycles. The Morgan fingerprint density at radius 1 is 1.23 bits per heavy atom. The summed E-state index contributed by atoms with van der Waals surface area (Å²) in [6.07, 6.45) is 4.02. The third-order valence-electron chi connectivity index (χ3n) is 5.64. The van der Waals surface area contributed by atoms with Crippen LogP contribution < -0.4 is 0 Å². The lowest BCUT2D eigenvalue weighted by Gasteiger charge is -2.28. The van der Waals surface area contributed by atoms with E-state index in [0.717, 1.165) is 25.4 Å². The molecule has 0 radical (unpaired) electrons. The summed E-state index contributed by atoms with van der Waals surface area (Å²) in [6, 6.07) is 0. The monoisotopic (exact) mass is 312 g/mol. The van der Waals surface area contributed by atoms with Crippen molar-refractivity contribution in [1.29, 1.82) is 0 Å². The summed E-state index contributed by atoms with van der Waals surface area (Å²) in [5.41, 5.74) is -0.178. The van der Waals surface area contributed by atoms with E-state index in [-0.39, 0.29) is 35.4 Å². The molecule has 1 aliphatic carbocycles. The molecule has 2 aliphatic heterocycles. The Hall–Kier alpha value is -0.160. The van der Waals surface area contributed by atoms with Gasteiger partial charge in [-0.05, 0) is 39.5 Å². The molecule has 0 aromatic carbocycles. The van der Waals surface area contributed by atoms with E-state index >= 15 is 0 Å². The van der Waals surface area contributed by atoms with Gasteiger partial charge in [0.25, 0.3) is 0 Å². The molecule has 0 N–H and O–H groups in total. The summed E-state index contributed by atoms with van der Waals surface area (Å²) in [7, 11) is 1.80. The number of hydrogen-bond donors (Lipinski definition) is 0. The van der Waals surface area contributed by atoms with Crippen molar-refractivity contribution in [2.24, 2.45) is 11.8 Å². The highest BCUT2D eigenvalue weighted by atomic mass is 16.6. The first-order chi connectivity index (χ1) is 10.3. The van der Waals surface area contributed by atoms with E-state index < -0.39 is 0 Å². The van der Waals surface area contributed by atoms with Crippen LogP contribution in [0.3, 0.4) is 0 Å². The molecule has 3 aliphatic rings. The quantitative estimate of drug-likeness (QED) is 0.677. The minimum Gasteiger partial charge on any atom is -0.378 e. The summed E-state index contributed by atoms with van der Waals surface area (Å²) in [5, 5.41) is 0. The maximum Gasteiger partial charge on any atom is 0.102 e. The van der Waals surface area contributed by atoms with Crippen LogP contribution in [0, 0.1) is 11.8 Å². The average molecular weight is 312 g/mol. The van der Waals surface area contributed by atoms with Gasteiger partial charge in [0.2, 0.25) is 0 Å². The highest BCUT2D eigenvalue weighted by Gasteiger charge is 2.74. The Morgan fingerprint density at radius 3 is 2.41 bits per heavy atom. The van der Waals surface area contributed by atoms with Gasteiger partial charge in [-0.15, -0.1) is 0 Å². The highest BCUT2D eigenvalue weighted by molar-refractivity contribution is 5.22. The summed E-state index contributed by atoms with van der Waals surface area (Å²) in [4.78, 5) is 0. The molecule has 3 rings (SSSR count). The average Bonchev–Trinajstić information content (AvgIpc) is 3.28. The zero-order valence-electron chi connectivity index (χ0n) is 14.9. The van der Waals surface area contributed by atoms with Gasteiger partial charge < -0.3 is 18.9 Å². The second kappa shape index (κ2) is 5.73. The van der Waals surface area contributed by atoms with Crippen molar-refractivity contribution < 1.29 is 18.9 Å². The van der Waals surface area contributed by atoms with Gasteiger partial charge in [0.1, 0.15) is 11.2 Å². The largest absolute Gasteiger partial charge is 0.378 e. The molecule has 2 unspecified atom stereocenters. The maximum absolute atomic E-state index is 6.18. The summed E-state index contributed by atoms with van der Waals surface area (Å²) in [5.74, 6) is 1.00. The zero-order chi connectivity index (χ0) is 16.1. The lowest BCUT2D eigenvalue weighted by Crippen LogP contribution is -2.42. The minimum absolute atomic E-state index is 0.0679. The van der Waals surface area contributed by atoms with Gasteiger partial charge in [-0.1, -0.05) is 13.8 Å². The standard InChI is InChI=1S/C18H32O4/c1-11(2)7-8-14-17(5,22-14)16-15(19-6)13(21-12(3)4)9-18(16)10-20-18/h11-16H,7-10H2,1-6H3/t13-,14?,15-,16?,17+,18+/m1/s1. The first kappa shape index (κ1) is 16.7. The van der Waals surface area contributed by atoms with Crippen LogP contribution in [-0.2, 0) is 18.9 Å². The number of epoxide rings is 2. The predicted molar refractivity (Wildman–Crippen MR) is 84.9 cm³/mol. The molecule has 0 aromatic heterocycles. The van der Waals surface area contributed by atoms with E-state index in [1.165, 1.54) is 6.42 Å². The van der Waals surface area contributed by atoms with Gasteiger partial charge in [0.05, 0.1) is 36.9 Å². The molecule has 0 amide bonds. The van der Waals surface area contributed by atoms with E-state index in [4.69, 9.17) is 18.9 Å². The Kier molecular flexibility index (Phi) is 4.35. The topological polar surface area (TPSA) is 43.5 Å². The fraction of sp³-hybridized carbons (Fsp3) is 1.00. The van der Waals surface area contributed by atoms with Crippen molar-refractivity contribution in [3.05, 3.63) is 0 Å². The third-order valence-corrected chi connectivity index (χ3v) is 5.64. The van der Waals surface area contributed by atoms with Gasteiger partial charge in [-0.3, -0.25) is 0 Å². The van der Waals surface area contributed by atoms with Gasteiger partial charge in [0, 0.05) is 13.5 Å². The molecular weight excluding hydrogens is 280 g/mol. The number of hydrogen-bond acceptors (Lipinski definition) is 4. The van der Waals surface area contributed by atoms with Gasteiger partial charge >= 0.3 is 0 Å². The van der Waals surface area contributed by atoms with Crippen molar-refractivity contribution in [2.75, 3.05) is 13.7 Å². The number of rotatable bonds is 7. The molecule has 6 atom stereocenters. The molecule has 22 heavy (non-hydrogen) atoms. The fourth-order valence-corrected chi connectivity index (χ4v) is 4.48. The second-order valence-corrected chi connectivity index (χ2v) is 8.22. The van der Waals surface area contributed by atoms with Crippen LogP contribution in [0.15, 0.2) is 0 Å². The van der Waals surface area contributed by atoms with E-state index in [1.807, 2.05) is 0 Å². The first-order valence-electron chi connectivity index (χ1n) is 8.82. The Bertz CT molecular complexity index is 404. The zero-order valence-corrected chi connectivity index (χ0v) is 14.9. The SMILES string of the molecule is CO[C@H]1C([C@@]2(C)OC2CCC(C)C)[C@@]2(CO2)C[C@H]1OC(C)C. The van der Waals surface area contributed by atoms with Crippen LogP contribution in [0.1, 0.15) is 53.9 Å². The van der Waals surface area contributed by atoms with Crippen LogP contribution in [0.2, 0.25) is 0 Å². The van der Waals surface area contributed by atoms with Crippen molar-refractivity contribution in [1.82, 2.24) is 0 Å². The van der Waals surface area contributed by atoms with Crippen LogP contribution in [0.25, 0.3) is 0 Å². The van der Waals surface area contributed by atoms with Crippen molar-refractivity contribution >= 4 is 0 Å². The number of ether oxygens (including phenoxy) is 4. The first-order valence-corrected chi connectivity index (χ1v) is 8.82. The Labute approximate surface area is 134 Å². The molecule has 3 fully saturated rings. The highest BCUT2D eigenvalue weighted by Crippen LogP contribution is 2.61. The predicted octanol–water partition coefficient (Wildman–Crippen LogP) is 3.18. The molecule has 128 valence electrons. The van der Waals surface area contributed by atoms with E-state index in [1.54, 1.807) is 7.11 Å². The van der Waals surface area contributed by atoms with E-state index in [0.29, 0.717) is 6.10 Å². The maximum atomic E-state index is 6.18. The molecule has 2 saturated heterocycles. The smallest absolute Gasteiger partial charge is 0.102 e. The number of methoxy groups -OCH3 is 1. The van der Waals surface area contributed by atoms with Crippen molar-refractivity contribution in [3.8, 4) is 0 Å². The lowest BCUT2D eigenvalue weighted by molar-refractivity contribution is -0.0841. The minimum atomic E-state index is -0.110. The van der Waals surface area contributed by atoms with E-state index in [9.17, 15) is 0 Å². The van der Waals surface area contributed by atoms with Gasteiger partial charge in [-0.25, -0.2) is 0 Å². The summed E-state index contributed by atoms with van der Waals surface area (Å²) in [6.45, 7) is 11.8. The molecule has 2 heterocycles. The van der Waals surface area contributed by atoms with Crippen LogP contribution in [0.4, 0.5) is 0 Å². The second-order valence-electron chi connectivity index (χ2n) is 8.22. The van der Waals surface area contributed by atoms with Crippen LogP contribution in [0.5, 0.6) is 0 Å². The molecule has 4 heteroatoms. The normalized spacial score (nSPS) is 46.9. The Balaban J connectivity index is 1.72. The summed E-state index contributed by atoms with van der Waals surface area (Å²) >= 11 is 0. The van der Waals surface area contributed by atoms with Crippen molar-refractivity contribution in [3.63, 3.8) is 0 Å². The Morgan fingerprint density at radius 2 is 1.91 bits per heavy atom. The molecule has 0 bridgehead atoms. The van der Waals surface area contributed by atoms with Gasteiger partial charge in [-0.2, -0.15) is 0 Å². The van der Waals surface area contributed by atoms with E-state index in [2.05, 4.69) is 34.6 Å².